The first-order chi connectivity index (χ1) is 6.38. The second-order valence-electron chi connectivity index (χ2n) is 3.88. The predicted molar refractivity (Wildman–Crippen MR) is 54.6 cm³/mol. The van der Waals surface area contributed by atoms with Gasteiger partial charge < -0.3 is 15.8 Å². The first kappa shape index (κ1) is 11.0. The van der Waals surface area contributed by atoms with Crippen molar-refractivity contribution in [1.82, 2.24) is 5.32 Å². The van der Waals surface area contributed by atoms with Gasteiger partial charge in [-0.3, -0.25) is 0 Å². The van der Waals surface area contributed by atoms with Gasteiger partial charge in [-0.1, -0.05) is 0 Å². The molecule has 1 heterocycles. The number of hydrogen-bond acceptors (Lipinski definition) is 3. The van der Waals surface area contributed by atoms with E-state index in [1.807, 2.05) is 0 Å². The number of nitrogens with two attached hydrogens (primary N) is 1. The molecule has 0 saturated carbocycles. The number of hydrogen-bond donors (Lipinski definition) is 2. The number of methoxy groups -OCH3 is 1. The third-order valence-corrected chi connectivity index (χ3v) is 2.97. The van der Waals surface area contributed by atoms with Crippen LogP contribution in [-0.4, -0.2) is 33.4 Å². The molecule has 0 aromatic carbocycles. The third-order valence-electron chi connectivity index (χ3n) is 2.97. The van der Waals surface area contributed by atoms with Crippen molar-refractivity contribution in [2.45, 2.75) is 19.3 Å². The molecule has 3 nitrogen and oxygen atoms in total. The van der Waals surface area contributed by atoms with Gasteiger partial charge in [0, 0.05) is 13.7 Å². The Morgan fingerprint density at radius 1 is 1.46 bits per heavy atom. The van der Waals surface area contributed by atoms with Crippen molar-refractivity contribution >= 4 is 0 Å². The van der Waals surface area contributed by atoms with Crippen molar-refractivity contribution in [1.29, 1.82) is 0 Å². The zero-order chi connectivity index (χ0) is 9.52. The van der Waals surface area contributed by atoms with Crippen LogP contribution in [0.25, 0.3) is 0 Å². The SMILES string of the molecule is COCC(CCN)C1CCNCC1. The van der Waals surface area contributed by atoms with Gasteiger partial charge >= 0.3 is 0 Å². The Labute approximate surface area is 81.0 Å². The van der Waals surface area contributed by atoms with E-state index in [2.05, 4.69) is 5.32 Å². The molecule has 1 aliphatic rings. The van der Waals surface area contributed by atoms with Crippen LogP contribution in [0.1, 0.15) is 19.3 Å². The van der Waals surface area contributed by atoms with E-state index in [0.29, 0.717) is 5.92 Å². The van der Waals surface area contributed by atoms with Crippen molar-refractivity contribution < 1.29 is 4.74 Å². The van der Waals surface area contributed by atoms with E-state index in [-0.39, 0.29) is 0 Å². The molecule has 0 bridgehead atoms. The standard InChI is InChI=1S/C10H22N2O/c1-13-8-10(2-5-11)9-3-6-12-7-4-9/h9-10,12H,2-8,11H2,1H3. The van der Waals surface area contributed by atoms with Gasteiger partial charge in [0.1, 0.15) is 0 Å². The van der Waals surface area contributed by atoms with Crippen LogP contribution >= 0.6 is 0 Å². The lowest BCUT2D eigenvalue weighted by molar-refractivity contribution is 0.103. The second kappa shape index (κ2) is 6.35. The molecule has 1 aliphatic heterocycles. The molecule has 0 spiro atoms. The summed E-state index contributed by atoms with van der Waals surface area (Å²) in [4.78, 5) is 0. The van der Waals surface area contributed by atoms with Crippen LogP contribution in [0.15, 0.2) is 0 Å². The smallest absolute Gasteiger partial charge is 0.0493 e. The first-order valence-electron chi connectivity index (χ1n) is 5.28. The zero-order valence-electron chi connectivity index (χ0n) is 8.59. The van der Waals surface area contributed by atoms with Crippen molar-refractivity contribution in [2.24, 2.45) is 17.6 Å². The Hall–Kier alpha value is -0.120. The minimum absolute atomic E-state index is 0.678. The monoisotopic (exact) mass is 186 g/mol. The first-order valence-corrected chi connectivity index (χ1v) is 5.28. The van der Waals surface area contributed by atoms with Crippen LogP contribution in [-0.2, 0) is 4.74 Å². The number of piperidine rings is 1. The van der Waals surface area contributed by atoms with Gasteiger partial charge in [0.15, 0.2) is 0 Å². The molecule has 3 heteroatoms. The Bertz CT molecular complexity index is 118. The number of nitrogens with one attached hydrogen (secondary N) is 1. The number of ether oxygens (including phenoxy) is 1. The summed E-state index contributed by atoms with van der Waals surface area (Å²) < 4.78 is 5.23. The van der Waals surface area contributed by atoms with Gasteiger partial charge in [0.2, 0.25) is 0 Å². The molecule has 0 amide bonds. The minimum atomic E-state index is 0.678. The Kier molecular flexibility index (Phi) is 5.35. The molecule has 1 rings (SSSR count). The summed E-state index contributed by atoms with van der Waals surface area (Å²) in [6.07, 6.45) is 3.68. The largest absolute Gasteiger partial charge is 0.384 e. The zero-order valence-corrected chi connectivity index (χ0v) is 8.59. The van der Waals surface area contributed by atoms with Crippen molar-refractivity contribution in [3.8, 4) is 0 Å². The molecule has 78 valence electrons. The van der Waals surface area contributed by atoms with E-state index < -0.39 is 0 Å². The fourth-order valence-electron chi connectivity index (χ4n) is 2.20. The van der Waals surface area contributed by atoms with Crippen LogP contribution in [0.2, 0.25) is 0 Å². The van der Waals surface area contributed by atoms with E-state index in [1.54, 1.807) is 7.11 Å². The Morgan fingerprint density at radius 3 is 2.69 bits per heavy atom. The molecule has 0 aromatic heterocycles. The summed E-state index contributed by atoms with van der Waals surface area (Å²) in [7, 11) is 1.78. The molecule has 1 atom stereocenters. The number of rotatable bonds is 5. The minimum Gasteiger partial charge on any atom is -0.384 e. The van der Waals surface area contributed by atoms with Crippen molar-refractivity contribution in [3.05, 3.63) is 0 Å². The summed E-state index contributed by atoms with van der Waals surface area (Å²) in [5.74, 6) is 1.50. The van der Waals surface area contributed by atoms with E-state index >= 15 is 0 Å². The lowest BCUT2D eigenvalue weighted by atomic mass is 9.83. The van der Waals surface area contributed by atoms with Gasteiger partial charge in [0.05, 0.1) is 0 Å². The molecular weight excluding hydrogens is 164 g/mol. The molecule has 0 aliphatic carbocycles. The summed E-state index contributed by atoms with van der Waals surface area (Å²) in [5, 5.41) is 3.38. The second-order valence-corrected chi connectivity index (χ2v) is 3.88. The van der Waals surface area contributed by atoms with E-state index in [1.165, 1.54) is 12.8 Å². The molecule has 3 N–H and O–H groups in total. The molecule has 0 radical (unpaired) electrons. The van der Waals surface area contributed by atoms with Gasteiger partial charge in [-0.15, -0.1) is 0 Å². The van der Waals surface area contributed by atoms with Crippen LogP contribution in [0, 0.1) is 11.8 Å². The van der Waals surface area contributed by atoms with Crippen molar-refractivity contribution in [2.75, 3.05) is 33.4 Å². The summed E-state index contributed by atoms with van der Waals surface area (Å²) >= 11 is 0. The highest BCUT2D eigenvalue weighted by molar-refractivity contribution is 4.75. The maximum atomic E-state index is 5.60. The highest BCUT2D eigenvalue weighted by atomic mass is 16.5. The third kappa shape index (κ3) is 3.63. The maximum Gasteiger partial charge on any atom is 0.0493 e. The van der Waals surface area contributed by atoms with Crippen LogP contribution in [0.4, 0.5) is 0 Å². The molecule has 0 aromatic rings. The Morgan fingerprint density at radius 2 is 2.15 bits per heavy atom. The molecule has 1 fully saturated rings. The van der Waals surface area contributed by atoms with Crippen LogP contribution in [0.5, 0.6) is 0 Å². The lowest BCUT2D eigenvalue weighted by Gasteiger charge is -2.30. The molecular formula is C10H22N2O. The van der Waals surface area contributed by atoms with E-state index in [9.17, 15) is 0 Å². The topological polar surface area (TPSA) is 47.3 Å². The highest BCUT2D eigenvalue weighted by Crippen LogP contribution is 2.24. The maximum absolute atomic E-state index is 5.60. The average molecular weight is 186 g/mol. The lowest BCUT2D eigenvalue weighted by Crippen LogP contribution is -2.34. The van der Waals surface area contributed by atoms with Crippen LogP contribution in [0.3, 0.4) is 0 Å². The summed E-state index contributed by atoms with van der Waals surface area (Å²) in [5.41, 5.74) is 5.60. The van der Waals surface area contributed by atoms with Gasteiger partial charge in [0.25, 0.3) is 0 Å². The summed E-state index contributed by atoms with van der Waals surface area (Å²) in [6, 6.07) is 0. The molecule has 13 heavy (non-hydrogen) atoms. The van der Waals surface area contributed by atoms with Crippen molar-refractivity contribution in [3.63, 3.8) is 0 Å². The average Bonchev–Trinajstić information content (AvgIpc) is 2.19. The van der Waals surface area contributed by atoms with E-state index in [0.717, 1.165) is 38.6 Å². The highest BCUT2D eigenvalue weighted by Gasteiger charge is 2.22. The molecule has 1 saturated heterocycles. The summed E-state index contributed by atoms with van der Waals surface area (Å²) in [6.45, 7) is 3.99. The Balaban J connectivity index is 2.32. The van der Waals surface area contributed by atoms with Gasteiger partial charge in [-0.2, -0.15) is 0 Å². The van der Waals surface area contributed by atoms with Gasteiger partial charge in [-0.05, 0) is 50.7 Å². The van der Waals surface area contributed by atoms with Crippen LogP contribution < -0.4 is 11.1 Å². The quantitative estimate of drug-likeness (QED) is 0.661. The fourth-order valence-corrected chi connectivity index (χ4v) is 2.20. The molecule has 1 unspecified atom stereocenters. The predicted octanol–water partition coefficient (Wildman–Crippen LogP) is 0.597. The normalized spacial score (nSPS) is 21.7. The fraction of sp³-hybridized carbons (Fsp3) is 1.00. The van der Waals surface area contributed by atoms with Gasteiger partial charge in [-0.25, -0.2) is 0 Å². The van der Waals surface area contributed by atoms with E-state index in [4.69, 9.17) is 10.5 Å².